The maximum Gasteiger partial charge on any atom is 0.240 e. The number of nitrogens with zero attached hydrogens (tertiary/aromatic N) is 1. The molecule has 7 heteroatoms. The average molecular weight is 405 g/mol. The van der Waals surface area contributed by atoms with Gasteiger partial charge in [0, 0.05) is 19.6 Å². The Morgan fingerprint density at radius 3 is 2.61 bits per heavy atom. The van der Waals surface area contributed by atoms with Gasteiger partial charge < -0.3 is 4.90 Å². The highest BCUT2D eigenvalue weighted by Crippen LogP contribution is 2.19. The molecule has 150 valence electrons. The summed E-state index contributed by atoms with van der Waals surface area (Å²) >= 11 is 0. The minimum atomic E-state index is -3.57. The number of halogens is 1. The van der Waals surface area contributed by atoms with Crippen LogP contribution in [-0.2, 0) is 21.2 Å². The molecule has 1 fully saturated rings. The van der Waals surface area contributed by atoms with E-state index in [4.69, 9.17) is 0 Å². The number of amides is 1. The van der Waals surface area contributed by atoms with Crippen molar-refractivity contribution in [3.8, 4) is 0 Å². The molecule has 1 heterocycles. The van der Waals surface area contributed by atoms with Gasteiger partial charge in [-0.15, -0.1) is 0 Å². The molecule has 2 aromatic carbocycles. The summed E-state index contributed by atoms with van der Waals surface area (Å²) in [6.07, 6.45) is 1.67. The number of aryl methyl sites for hydroxylation is 1. The van der Waals surface area contributed by atoms with Crippen LogP contribution >= 0.6 is 0 Å². The molecule has 1 unspecified atom stereocenters. The van der Waals surface area contributed by atoms with Gasteiger partial charge in [-0.05, 0) is 49.4 Å². The van der Waals surface area contributed by atoms with Crippen LogP contribution in [-0.4, -0.2) is 38.9 Å². The third kappa shape index (κ3) is 5.17. The lowest BCUT2D eigenvalue weighted by Gasteiger charge is -2.33. The Labute approximate surface area is 165 Å². The fourth-order valence-corrected chi connectivity index (χ4v) is 4.52. The number of benzene rings is 2. The summed E-state index contributed by atoms with van der Waals surface area (Å²) < 4.78 is 41.3. The molecular weight excluding hydrogens is 379 g/mol. The van der Waals surface area contributed by atoms with Gasteiger partial charge >= 0.3 is 0 Å². The Morgan fingerprint density at radius 1 is 1.18 bits per heavy atom. The van der Waals surface area contributed by atoms with Crippen LogP contribution in [0.4, 0.5) is 4.39 Å². The van der Waals surface area contributed by atoms with Crippen LogP contribution in [0, 0.1) is 18.7 Å². The molecule has 5 nitrogen and oxygen atoms in total. The summed E-state index contributed by atoms with van der Waals surface area (Å²) in [4.78, 5) is 14.5. The lowest BCUT2D eigenvalue weighted by Crippen LogP contribution is -2.44. The second kappa shape index (κ2) is 8.84. The van der Waals surface area contributed by atoms with Crippen molar-refractivity contribution in [2.45, 2.75) is 31.1 Å². The van der Waals surface area contributed by atoms with E-state index in [0.29, 0.717) is 18.7 Å². The summed E-state index contributed by atoms with van der Waals surface area (Å²) in [5.74, 6) is -0.468. The molecule has 0 aromatic heterocycles. The maximum absolute atomic E-state index is 13.8. The van der Waals surface area contributed by atoms with Gasteiger partial charge in [0.05, 0.1) is 11.3 Å². The molecule has 0 saturated carbocycles. The molecule has 0 bridgehead atoms. The maximum atomic E-state index is 13.8. The van der Waals surface area contributed by atoms with Crippen molar-refractivity contribution in [2.24, 2.45) is 5.92 Å². The highest BCUT2D eigenvalue weighted by molar-refractivity contribution is 7.89. The summed E-state index contributed by atoms with van der Waals surface area (Å²) in [6.45, 7) is 3.27. The molecule has 1 amide bonds. The van der Waals surface area contributed by atoms with Crippen molar-refractivity contribution in [2.75, 3.05) is 19.6 Å². The third-order valence-corrected chi connectivity index (χ3v) is 6.50. The van der Waals surface area contributed by atoms with E-state index in [2.05, 4.69) is 4.72 Å². The van der Waals surface area contributed by atoms with Crippen molar-refractivity contribution >= 4 is 15.9 Å². The van der Waals surface area contributed by atoms with Crippen LogP contribution in [0.1, 0.15) is 24.0 Å². The molecule has 1 aliphatic heterocycles. The molecule has 0 spiro atoms. The van der Waals surface area contributed by atoms with Crippen LogP contribution in [0.2, 0.25) is 0 Å². The van der Waals surface area contributed by atoms with Gasteiger partial charge in [0.25, 0.3) is 0 Å². The van der Waals surface area contributed by atoms with E-state index >= 15 is 0 Å². The predicted octanol–water partition coefficient (Wildman–Crippen LogP) is 2.89. The molecule has 28 heavy (non-hydrogen) atoms. The van der Waals surface area contributed by atoms with Gasteiger partial charge in [-0.25, -0.2) is 17.5 Å². The summed E-state index contributed by atoms with van der Waals surface area (Å²) in [5.41, 5.74) is 1.38. The van der Waals surface area contributed by atoms with Gasteiger partial charge in [0.1, 0.15) is 5.82 Å². The predicted molar refractivity (Wildman–Crippen MR) is 106 cm³/mol. The lowest BCUT2D eigenvalue weighted by atomic mass is 9.97. The van der Waals surface area contributed by atoms with E-state index in [1.807, 2.05) is 6.92 Å². The zero-order valence-electron chi connectivity index (χ0n) is 15.9. The Kier molecular flexibility index (Phi) is 6.46. The Hall–Kier alpha value is -2.25. The molecule has 3 rings (SSSR count). The Balaban J connectivity index is 1.56. The number of rotatable bonds is 6. The monoisotopic (exact) mass is 404 g/mol. The zero-order valence-corrected chi connectivity index (χ0v) is 16.7. The summed E-state index contributed by atoms with van der Waals surface area (Å²) in [6, 6.07) is 13.0. The first-order chi connectivity index (χ1) is 13.3. The number of sulfonamides is 1. The topological polar surface area (TPSA) is 66.5 Å². The second-order valence-corrected chi connectivity index (χ2v) is 9.05. The van der Waals surface area contributed by atoms with E-state index in [9.17, 15) is 17.6 Å². The standard InChI is InChI=1S/C21H25FN2O3S/c1-16-8-10-19(11-9-16)28(26,27)23-14-17-5-4-12-24(15-17)21(25)13-18-6-2-3-7-20(18)22/h2-3,6-11,17,23H,4-5,12-15H2,1H3. The van der Waals surface area contributed by atoms with Crippen LogP contribution in [0.5, 0.6) is 0 Å². The number of likely N-dealkylation sites (tertiary alicyclic amines) is 1. The SMILES string of the molecule is Cc1ccc(S(=O)(=O)NCC2CCCN(C(=O)Cc3ccccc3F)C2)cc1. The van der Waals surface area contributed by atoms with Gasteiger partial charge in [-0.2, -0.15) is 0 Å². The number of piperidine rings is 1. The van der Waals surface area contributed by atoms with Crippen LogP contribution in [0.15, 0.2) is 53.4 Å². The van der Waals surface area contributed by atoms with E-state index in [1.54, 1.807) is 47.4 Å². The number of carbonyl (C=O) groups excluding carboxylic acids is 1. The molecule has 1 N–H and O–H groups in total. The summed E-state index contributed by atoms with van der Waals surface area (Å²) in [7, 11) is -3.57. The first-order valence-corrected chi connectivity index (χ1v) is 10.9. The quantitative estimate of drug-likeness (QED) is 0.805. The van der Waals surface area contributed by atoms with Crippen LogP contribution in [0.25, 0.3) is 0 Å². The fraction of sp³-hybridized carbons (Fsp3) is 0.381. The normalized spacial score (nSPS) is 17.5. The lowest BCUT2D eigenvalue weighted by molar-refractivity contribution is -0.132. The molecule has 1 saturated heterocycles. The fourth-order valence-electron chi connectivity index (χ4n) is 3.40. The minimum Gasteiger partial charge on any atom is -0.342 e. The van der Waals surface area contributed by atoms with E-state index in [1.165, 1.54) is 6.07 Å². The average Bonchev–Trinajstić information content (AvgIpc) is 2.69. The first-order valence-electron chi connectivity index (χ1n) is 9.42. The Morgan fingerprint density at radius 2 is 1.89 bits per heavy atom. The van der Waals surface area contributed by atoms with E-state index in [0.717, 1.165) is 18.4 Å². The van der Waals surface area contributed by atoms with Crippen LogP contribution in [0.3, 0.4) is 0 Å². The van der Waals surface area contributed by atoms with Crippen molar-refractivity contribution in [1.29, 1.82) is 0 Å². The van der Waals surface area contributed by atoms with Gasteiger partial charge in [-0.1, -0.05) is 35.9 Å². The number of carbonyl (C=O) groups is 1. The number of nitrogens with one attached hydrogen (secondary N) is 1. The largest absolute Gasteiger partial charge is 0.342 e. The highest BCUT2D eigenvalue weighted by atomic mass is 32.2. The highest BCUT2D eigenvalue weighted by Gasteiger charge is 2.25. The molecule has 0 radical (unpaired) electrons. The zero-order chi connectivity index (χ0) is 20.1. The smallest absolute Gasteiger partial charge is 0.240 e. The number of hydrogen-bond acceptors (Lipinski definition) is 3. The summed E-state index contributed by atoms with van der Waals surface area (Å²) in [5, 5.41) is 0. The van der Waals surface area contributed by atoms with Crippen molar-refractivity contribution in [3.63, 3.8) is 0 Å². The van der Waals surface area contributed by atoms with Gasteiger partial charge in [0.15, 0.2) is 0 Å². The van der Waals surface area contributed by atoms with Crippen molar-refractivity contribution < 1.29 is 17.6 Å². The number of hydrogen-bond donors (Lipinski definition) is 1. The molecule has 1 aliphatic rings. The van der Waals surface area contributed by atoms with E-state index in [-0.39, 0.29) is 35.5 Å². The first kappa shape index (κ1) is 20.5. The van der Waals surface area contributed by atoms with Crippen molar-refractivity contribution in [3.05, 3.63) is 65.5 Å². The molecular formula is C21H25FN2O3S. The van der Waals surface area contributed by atoms with Crippen LogP contribution < -0.4 is 4.72 Å². The molecule has 0 aliphatic carbocycles. The molecule has 2 aromatic rings. The van der Waals surface area contributed by atoms with E-state index < -0.39 is 10.0 Å². The molecule has 1 atom stereocenters. The van der Waals surface area contributed by atoms with Gasteiger partial charge in [-0.3, -0.25) is 4.79 Å². The minimum absolute atomic E-state index is 0.0223. The third-order valence-electron chi connectivity index (χ3n) is 5.06. The second-order valence-electron chi connectivity index (χ2n) is 7.28. The van der Waals surface area contributed by atoms with Gasteiger partial charge in [0.2, 0.25) is 15.9 Å². The Bertz CT molecular complexity index is 929. The van der Waals surface area contributed by atoms with Crippen molar-refractivity contribution in [1.82, 2.24) is 9.62 Å².